The molecule has 0 radical (unpaired) electrons. The maximum absolute atomic E-state index is 11.6. The van der Waals surface area contributed by atoms with Gasteiger partial charge in [0, 0.05) is 24.6 Å². The van der Waals surface area contributed by atoms with Crippen LogP contribution in [0.15, 0.2) is 23.8 Å². The molecular weight excluding hydrogens is 206 g/mol. The molecule has 2 aliphatic rings. The fraction of sp³-hybridized carbons (Fsp3) is 0.583. The van der Waals surface area contributed by atoms with Gasteiger partial charge in [-0.15, -0.1) is 6.58 Å². The number of hydrogen-bond acceptors (Lipinski definition) is 3. The van der Waals surface area contributed by atoms with E-state index >= 15 is 0 Å². The topological polar surface area (TPSA) is 47.6 Å². The summed E-state index contributed by atoms with van der Waals surface area (Å²) in [6.45, 7) is 7.38. The Labute approximate surface area is 95.3 Å². The summed E-state index contributed by atoms with van der Waals surface area (Å²) in [7, 11) is 0. The van der Waals surface area contributed by atoms with Gasteiger partial charge < -0.3 is 14.8 Å². The number of ether oxygens (including phenoxy) is 2. The Morgan fingerprint density at radius 1 is 1.69 bits per heavy atom. The standard InChI is InChI=1S/C12H17NO3/c1-3-8-9-5-6-13-11(14)10(9)7-16-12(8)15-4-2/h3,8,12H,1,4-7H2,2H3,(H,13,14)/t8-,12-/m0/s1. The Hall–Kier alpha value is -1.13. The van der Waals surface area contributed by atoms with Gasteiger partial charge in [0.1, 0.15) is 0 Å². The number of amides is 1. The highest BCUT2D eigenvalue weighted by Gasteiger charge is 2.34. The zero-order valence-electron chi connectivity index (χ0n) is 9.49. The van der Waals surface area contributed by atoms with E-state index in [1.807, 2.05) is 13.0 Å². The Morgan fingerprint density at radius 2 is 2.50 bits per heavy atom. The van der Waals surface area contributed by atoms with Crippen LogP contribution in [-0.4, -0.2) is 32.0 Å². The Bertz CT molecular complexity index is 335. The molecule has 1 N–H and O–H groups in total. The number of carbonyl (C=O) groups excluding carboxylic acids is 1. The smallest absolute Gasteiger partial charge is 0.249 e. The van der Waals surface area contributed by atoms with Crippen molar-refractivity contribution >= 4 is 5.91 Å². The lowest BCUT2D eigenvalue weighted by atomic mass is 9.87. The third-order valence-corrected chi connectivity index (χ3v) is 3.01. The molecule has 0 saturated carbocycles. The second-order valence-corrected chi connectivity index (χ2v) is 3.91. The molecule has 0 spiro atoms. The van der Waals surface area contributed by atoms with Crippen LogP contribution < -0.4 is 5.32 Å². The minimum Gasteiger partial charge on any atom is -0.352 e. The predicted molar refractivity (Wildman–Crippen MR) is 59.7 cm³/mol. The lowest BCUT2D eigenvalue weighted by Gasteiger charge is -2.35. The number of nitrogens with one attached hydrogen (secondary N) is 1. The van der Waals surface area contributed by atoms with Gasteiger partial charge in [-0.1, -0.05) is 6.08 Å². The average molecular weight is 223 g/mol. The van der Waals surface area contributed by atoms with Crippen molar-refractivity contribution < 1.29 is 14.3 Å². The van der Waals surface area contributed by atoms with Gasteiger partial charge in [-0.3, -0.25) is 4.79 Å². The van der Waals surface area contributed by atoms with Crippen molar-refractivity contribution in [3.05, 3.63) is 23.8 Å². The molecule has 0 aromatic heterocycles. The molecule has 4 heteroatoms. The zero-order valence-corrected chi connectivity index (χ0v) is 9.49. The molecule has 2 atom stereocenters. The molecule has 0 unspecified atom stereocenters. The van der Waals surface area contributed by atoms with E-state index in [1.54, 1.807) is 0 Å². The normalized spacial score (nSPS) is 29.7. The molecule has 0 bridgehead atoms. The van der Waals surface area contributed by atoms with Gasteiger partial charge >= 0.3 is 0 Å². The molecule has 0 aromatic rings. The van der Waals surface area contributed by atoms with Crippen LogP contribution in [0.5, 0.6) is 0 Å². The first-order valence-electron chi connectivity index (χ1n) is 5.63. The van der Waals surface area contributed by atoms with Gasteiger partial charge in [0.05, 0.1) is 6.61 Å². The predicted octanol–water partition coefficient (Wildman–Crippen LogP) is 0.998. The summed E-state index contributed by atoms with van der Waals surface area (Å²) < 4.78 is 11.1. The van der Waals surface area contributed by atoms with Crippen molar-refractivity contribution in [1.82, 2.24) is 5.32 Å². The monoisotopic (exact) mass is 223 g/mol. The molecular formula is C12H17NO3. The van der Waals surface area contributed by atoms with Gasteiger partial charge in [0.2, 0.25) is 5.91 Å². The zero-order chi connectivity index (χ0) is 11.5. The van der Waals surface area contributed by atoms with E-state index in [1.165, 1.54) is 0 Å². The number of carbonyl (C=O) groups is 1. The Balaban J connectivity index is 2.26. The molecule has 16 heavy (non-hydrogen) atoms. The van der Waals surface area contributed by atoms with E-state index in [4.69, 9.17) is 9.47 Å². The fourth-order valence-electron chi connectivity index (χ4n) is 2.24. The lowest BCUT2D eigenvalue weighted by molar-refractivity contribution is -0.159. The van der Waals surface area contributed by atoms with Crippen molar-refractivity contribution in [3.8, 4) is 0 Å². The molecule has 2 heterocycles. The third-order valence-electron chi connectivity index (χ3n) is 3.01. The van der Waals surface area contributed by atoms with Gasteiger partial charge in [0.25, 0.3) is 0 Å². The molecule has 2 rings (SSSR count). The van der Waals surface area contributed by atoms with Gasteiger partial charge in [-0.2, -0.15) is 0 Å². The van der Waals surface area contributed by atoms with E-state index in [0.717, 1.165) is 17.6 Å². The summed E-state index contributed by atoms with van der Waals surface area (Å²) in [5, 5.41) is 2.82. The third kappa shape index (κ3) is 1.90. The highest BCUT2D eigenvalue weighted by molar-refractivity contribution is 5.95. The van der Waals surface area contributed by atoms with E-state index in [-0.39, 0.29) is 18.1 Å². The van der Waals surface area contributed by atoms with Crippen LogP contribution in [-0.2, 0) is 14.3 Å². The van der Waals surface area contributed by atoms with Crippen LogP contribution >= 0.6 is 0 Å². The fourth-order valence-corrected chi connectivity index (χ4v) is 2.24. The summed E-state index contributed by atoms with van der Waals surface area (Å²) in [5.74, 6) is -0.00204. The summed E-state index contributed by atoms with van der Waals surface area (Å²) in [5.41, 5.74) is 1.88. The summed E-state index contributed by atoms with van der Waals surface area (Å²) >= 11 is 0. The minimum absolute atomic E-state index is 0.00903. The summed E-state index contributed by atoms with van der Waals surface area (Å²) in [6.07, 6.45) is 2.39. The number of hydrogen-bond donors (Lipinski definition) is 1. The first kappa shape index (κ1) is 11.4. The highest BCUT2D eigenvalue weighted by Crippen LogP contribution is 2.32. The highest BCUT2D eigenvalue weighted by atomic mass is 16.7. The number of rotatable bonds is 3. The SMILES string of the molecule is C=C[C@H]1C2=C(CO[C@@H]1OCC)C(=O)NCC2. The van der Waals surface area contributed by atoms with E-state index < -0.39 is 0 Å². The molecule has 0 aromatic carbocycles. The van der Waals surface area contributed by atoms with E-state index in [2.05, 4.69) is 11.9 Å². The second-order valence-electron chi connectivity index (χ2n) is 3.91. The van der Waals surface area contributed by atoms with Crippen molar-refractivity contribution in [2.75, 3.05) is 19.8 Å². The molecule has 4 nitrogen and oxygen atoms in total. The molecule has 0 saturated heterocycles. The van der Waals surface area contributed by atoms with Crippen molar-refractivity contribution in [2.45, 2.75) is 19.6 Å². The minimum atomic E-state index is -0.285. The summed E-state index contributed by atoms with van der Waals surface area (Å²) in [4.78, 5) is 11.6. The molecule has 88 valence electrons. The van der Waals surface area contributed by atoms with E-state index in [0.29, 0.717) is 19.8 Å². The van der Waals surface area contributed by atoms with Crippen LogP contribution in [0, 0.1) is 5.92 Å². The Morgan fingerprint density at radius 3 is 3.19 bits per heavy atom. The van der Waals surface area contributed by atoms with Crippen molar-refractivity contribution in [3.63, 3.8) is 0 Å². The van der Waals surface area contributed by atoms with E-state index in [9.17, 15) is 4.79 Å². The second kappa shape index (κ2) is 4.80. The molecule has 1 amide bonds. The lowest BCUT2D eigenvalue weighted by Crippen LogP contribution is -2.42. The van der Waals surface area contributed by atoms with Crippen molar-refractivity contribution in [2.24, 2.45) is 5.92 Å². The van der Waals surface area contributed by atoms with Crippen LogP contribution in [0.25, 0.3) is 0 Å². The molecule has 0 fully saturated rings. The van der Waals surface area contributed by atoms with Crippen molar-refractivity contribution in [1.29, 1.82) is 0 Å². The van der Waals surface area contributed by atoms with Crippen LogP contribution in [0.1, 0.15) is 13.3 Å². The maximum Gasteiger partial charge on any atom is 0.249 e. The van der Waals surface area contributed by atoms with Gasteiger partial charge in [-0.05, 0) is 18.9 Å². The van der Waals surface area contributed by atoms with Crippen LogP contribution in [0.3, 0.4) is 0 Å². The Kier molecular flexibility index (Phi) is 3.41. The summed E-state index contributed by atoms with van der Waals surface area (Å²) in [6, 6.07) is 0. The molecule has 0 aliphatic carbocycles. The first-order valence-corrected chi connectivity index (χ1v) is 5.63. The van der Waals surface area contributed by atoms with Gasteiger partial charge in [-0.25, -0.2) is 0 Å². The van der Waals surface area contributed by atoms with Crippen LogP contribution in [0.4, 0.5) is 0 Å². The van der Waals surface area contributed by atoms with Gasteiger partial charge in [0.15, 0.2) is 6.29 Å². The van der Waals surface area contributed by atoms with Crippen LogP contribution in [0.2, 0.25) is 0 Å². The average Bonchev–Trinajstić information content (AvgIpc) is 2.29. The quantitative estimate of drug-likeness (QED) is 0.726. The first-order chi connectivity index (χ1) is 7.77. The largest absolute Gasteiger partial charge is 0.352 e. The maximum atomic E-state index is 11.6. The molecule has 2 aliphatic heterocycles.